The predicted octanol–water partition coefficient (Wildman–Crippen LogP) is 2.88. The van der Waals surface area contributed by atoms with Gasteiger partial charge in [-0.1, -0.05) is 12.1 Å². The third-order valence-corrected chi connectivity index (χ3v) is 5.67. The van der Waals surface area contributed by atoms with Gasteiger partial charge in [0.2, 0.25) is 0 Å². The van der Waals surface area contributed by atoms with E-state index in [0.29, 0.717) is 0 Å². The van der Waals surface area contributed by atoms with Gasteiger partial charge >= 0.3 is 0 Å². The van der Waals surface area contributed by atoms with E-state index in [1.165, 1.54) is 56.6 Å². The summed E-state index contributed by atoms with van der Waals surface area (Å²) in [5, 5.41) is 0. The van der Waals surface area contributed by atoms with Crippen molar-refractivity contribution in [2.24, 2.45) is 0 Å². The summed E-state index contributed by atoms with van der Waals surface area (Å²) in [6.45, 7) is 6.01. The molecule has 21 heavy (non-hydrogen) atoms. The molecule has 3 rings (SSSR count). The van der Waals surface area contributed by atoms with E-state index in [-0.39, 0.29) is 5.82 Å². The maximum atomic E-state index is 13.2. The summed E-state index contributed by atoms with van der Waals surface area (Å²) < 4.78 is 13.2. The molecule has 0 amide bonds. The van der Waals surface area contributed by atoms with Crippen molar-refractivity contribution in [2.75, 3.05) is 44.2 Å². The van der Waals surface area contributed by atoms with Crippen LogP contribution >= 0.6 is 11.8 Å². The minimum absolute atomic E-state index is 0.117. The Kier molecular flexibility index (Phi) is 5.55. The largest absolute Gasteiger partial charge is 0.303 e. The molecule has 0 N–H and O–H groups in total. The monoisotopic (exact) mass is 308 g/mol. The summed E-state index contributed by atoms with van der Waals surface area (Å²) in [6.07, 6.45) is 3.56. The zero-order chi connectivity index (χ0) is 14.5. The summed E-state index contributed by atoms with van der Waals surface area (Å²) in [5.41, 5.74) is 1.12. The summed E-state index contributed by atoms with van der Waals surface area (Å²) in [7, 11) is 0. The molecule has 0 radical (unpaired) electrons. The smallest absolute Gasteiger partial charge is 0.123 e. The quantitative estimate of drug-likeness (QED) is 0.844. The van der Waals surface area contributed by atoms with Gasteiger partial charge in [-0.3, -0.25) is 4.90 Å². The number of likely N-dealkylation sites (tertiary alicyclic amines) is 1. The average molecular weight is 308 g/mol. The number of rotatable bonds is 4. The van der Waals surface area contributed by atoms with Crippen LogP contribution in [0.2, 0.25) is 0 Å². The van der Waals surface area contributed by atoms with Gasteiger partial charge in [0.1, 0.15) is 5.82 Å². The van der Waals surface area contributed by atoms with E-state index in [9.17, 15) is 4.39 Å². The van der Waals surface area contributed by atoms with Crippen molar-refractivity contribution in [2.45, 2.75) is 25.3 Å². The lowest BCUT2D eigenvalue weighted by molar-refractivity contribution is 0.117. The second-order valence-electron chi connectivity index (χ2n) is 6.10. The van der Waals surface area contributed by atoms with Crippen molar-refractivity contribution < 1.29 is 4.39 Å². The second-order valence-corrected chi connectivity index (χ2v) is 7.33. The third kappa shape index (κ3) is 4.44. The lowest BCUT2D eigenvalue weighted by Gasteiger charge is -2.40. The zero-order valence-electron chi connectivity index (χ0n) is 12.6. The van der Waals surface area contributed by atoms with E-state index >= 15 is 0 Å². The highest BCUT2D eigenvalue weighted by Crippen LogP contribution is 2.20. The van der Waals surface area contributed by atoms with E-state index < -0.39 is 0 Å². The molecule has 0 saturated carbocycles. The Bertz CT molecular complexity index is 440. The number of halogens is 1. The summed E-state index contributed by atoms with van der Waals surface area (Å²) in [6, 6.07) is 7.83. The molecule has 2 saturated heterocycles. The highest BCUT2D eigenvalue weighted by molar-refractivity contribution is 7.99. The molecule has 0 spiro atoms. The molecule has 1 aromatic rings. The third-order valence-electron chi connectivity index (χ3n) is 4.72. The Balaban J connectivity index is 1.41. The molecule has 2 aliphatic heterocycles. The molecule has 116 valence electrons. The molecule has 0 aliphatic carbocycles. The van der Waals surface area contributed by atoms with Crippen molar-refractivity contribution in [3.8, 4) is 0 Å². The minimum Gasteiger partial charge on any atom is -0.303 e. The Morgan fingerprint density at radius 1 is 1.10 bits per heavy atom. The Labute approximate surface area is 131 Å². The van der Waals surface area contributed by atoms with Crippen molar-refractivity contribution in [3.05, 3.63) is 35.6 Å². The molecule has 1 aromatic carbocycles. The van der Waals surface area contributed by atoms with Crippen LogP contribution in [0, 0.1) is 5.82 Å². The van der Waals surface area contributed by atoms with E-state index in [1.807, 2.05) is 12.1 Å². The van der Waals surface area contributed by atoms with Crippen molar-refractivity contribution in [1.82, 2.24) is 9.80 Å². The van der Waals surface area contributed by atoms with Gasteiger partial charge in [-0.2, -0.15) is 11.8 Å². The van der Waals surface area contributed by atoms with Crippen LogP contribution in [0.5, 0.6) is 0 Å². The van der Waals surface area contributed by atoms with Crippen LogP contribution in [0.3, 0.4) is 0 Å². The fourth-order valence-electron chi connectivity index (χ4n) is 3.43. The van der Waals surface area contributed by atoms with Gasteiger partial charge in [-0.05, 0) is 50.0 Å². The van der Waals surface area contributed by atoms with Gasteiger partial charge in [0, 0.05) is 37.2 Å². The fraction of sp³-hybridized carbons (Fsp3) is 0.647. The zero-order valence-corrected chi connectivity index (χ0v) is 13.5. The average Bonchev–Trinajstić information content (AvgIpc) is 2.54. The van der Waals surface area contributed by atoms with Crippen molar-refractivity contribution in [1.29, 1.82) is 0 Å². The highest BCUT2D eigenvalue weighted by atomic mass is 32.2. The predicted molar refractivity (Wildman–Crippen MR) is 88.5 cm³/mol. The van der Waals surface area contributed by atoms with Crippen molar-refractivity contribution >= 4 is 11.8 Å². The Morgan fingerprint density at radius 2 is 1.86 bits per heavy atom. The molecular formula is C17H25FN2S. The number of thioether (sulfide) groups is 1. The van der Waals surface area contributed by atoms with Crippen LogP contribution in [0.15, 0.2) is 24.3 Å². The van der Waals surface area contributed by atoms with E-state index in [0.717, 1.165) is 24.6 Å². The van der Waals surface area contributed by atoms with Crippen LogP contribution in [0.4, 0.5) is 4.39 Å². The van der Waals surface area contributed by atoms with Crippen LogP contribution in [0.25, 0.3) is 0 Å². The molecular weight excluding hydrogens is 283 g/mol. The van der Waals surface area contributed by atoms with Crippen LogP contribution in [-0.4, -0.2) is 60.1 Å². The number of benzene rings is 1. The lowest BCUT2D eigenvalue weighted by Crippen LogP contribution is -2.48. The van der Waals surface area contributed by atoms with Gasteiger partial charge in [-0.15, -0.1) is 0 Å². The molecule has 0 atom stereocenters. The Hall–Kier alpha value is -0.580. The van der Waals surface area contributed by atoms with E-state index in [2.05, 4.69) is 21.6 Å². The topological polar surface area (TPSA) is 6.48 Å². The molecule has 0 aromatic heterocycles. The first-order valence-electron chi connectivity index (χ1n) is 8.10. The fourth-order valence-corrected chi connectivity index (χ4v) is 4.36. The summed E-state index contributed by atoms with van der Waals surface area (Å²) >= 11 is 2.09. The van der Waals surface area contributed by atoms with E-state index in [4.69, 9.17) is 0 Å². The molecule has 4 heteroatoms. The Morgan fingerprint density at radius 3 is 2.57 bits per heavy atom. The molecule has 2 nitrogen and oxygen atoms in total. The maximum absolute atomic E-state index is 13.2. The van der Waals surface area contributed by atoms with Gasteiger partial charge in [0.15, 0.2) is 0 Å². The van der Waals surface area contributed by atoms with Crippen LogP contribution < -0.4 is 0 Å². The molecule has 0 unspecified atom stereocenters. The molecule has 2 aliphatic rings. The van der Waals surface area contributed by atoms with Gasteiger partial charge in [0.25, 0.3) is 0 Å². The normalized spacial score (nSPS) is 22.5. The maximum Gasteiger partial charge on any atom is 0.123 e. The first kappa shape index (κ1) is 15.3. The minimum atomic E-state index is -0.117. The van der Waals surface area contributed by atoms with E-state index in [1.54, 1.807) is 6.07 Å². The van der Waals surface area contributed by atoms with Crippen LogP contribution in [0.1, 0.15) is 18.4 Å². The standard InChI is InChI=1S/C17H25FN2S/c18-16-3-1-2-15(14-16)4-7-19-8-5-17(6-9-19)20-10-12-21-13-11-20/h1-3,14,17H,4-13H2. The van der Waals surface area contributed by atoms with Crippen molar-refractivity contribution in [3.63, 3.8) is 0 Å². The molecule has 2 heterocycles. The summed E-state index contributed by atoms with van der Waals surface area (Å²) in [4.78, 5) is 5.24. The van der Waals surface area contributed by atoms with Gasteiger partial charge < -0.3 is 4.90 Å². The number of hydrogen-bond acceptors (Lipinski definition) is 3. The molecule has 2 fully saturated rings. The summed E-state index contributed by atoms with van der Waals surface area (Å²) in [5.74, 6) is 2.49. The second kappa shape index (κ2) is 7.61. The number of nitrogens with zero attached hydrogens (tertiary/aromatic N) is 2. The first-order valence-corrected chi connectivity index (χ1v) is 9.25. The van der Waals surface area contributed by atoms with Crippen LogP contribution in [-0.2, 0) is 6.42 Å². The SMILES string of the molecule is Fc1cccc(CCN2CCC(N3CCSCC3)CC2)c1. The first-order chi connectivity index (χ1) is 10.3. The number of piperidine rings is 1. The lowest BCUT2D eigenvalue weighted by atomic mass is 10.0. The van der Waals surface area contributed by atoms with Gasteiger partial charge in [0.05, 0.1) is 0 Å². The number of hydrogen-bond donors (Lipinski definition) is 0. The highest BCUT2D eigenvalue weighted by Gasteiger charge is 2.25. The molecule has 0 bridgehead atoms. The van der Waals surface area contributed by atoms with Gasteiger partial charge in [-0.25, -0.2) is 4.39 Å².